The average Bonchev–Trinajstić information content (AvgIpc) is 2.49. The second-order valence-electron chi connectivity index (χ2n) is 4.60. The fourth-order valence-electron chi connectivity index (χ4n) is 3.37. The Morgan fingerprint density at radius 3 is 2.83 bits per heavy atom. The van der Waals surface area contributed by atoms with Gasteiger partial charge in [-0.25, -0.2) is 0 Å². The van der Waals surface area contributed by atoms with Crippen LogP contribution in [0.1, 0.15) is 46.0 Å². The third-order valence-electron chi connectivity index (χ3n) is 3.96. The number of hydrogen-bond acceptors (Lipinski definition) is 0. The molecule has 0 N–H and O–H groups in total. The van der Waals surface area contributed by atoms with Crippen LogP contribution in [-0.2, 0) is 0 Å². The third-order valence-corrected chi connectivity index (χ3v) is 3.96. The highest BCUT2D eigenvalue weighted by molar-refractivity contribution is 5.14. The summed E-state index contributed by atoms with van der Waals surface area (Å²) in [5.41, 5.74) is 1.77. The molecule has 0 heteroatoms. The first-order valence-corrected chi connectivity index (χ1v) is 5.48. The summed E-state index contributed by atoms with van der Waals surface area (Å²) >= 11 is 0. The molecule has 2 rings (SSSR count). The first-order valence-electron chi connectivity index (χ1n) is 5.48. The van der Waals surface area contributed by atoms with E-state index in [9.17, 15) is 0 Å². The molecule has 0 aromatic carbocycles. The van der Waals surface area contributed by atoms with Crippen molar-refractivity contribution in [1.29, 1.82) is 0 Å². The van der Waals surface area contributed by atoms with Gasteiger partial charge in [-0.2, -0.15) is 0 Å². The van der Waals surface area contributed by atoms with Crippen molar-refractivity contribution in [2.75, 3.05) is 0 Å². The highest BCUT2D eigenvalue weighted by atomic mass is 14.4. The largest absolute Gasteiger partial charge is 0.0882 e. The van der Waals surface area contributed by atoms with Crippen LogP contribution < -0.4 is 0 Å². The van der Waals surface area contributed by atoms with E-state index in [2.05, 4.69) is 19.9 Å². The van der Waals surface area contributed by atoms with Crippen LogP contribution in [0.4, 0.5) is 0 Å². The van der Waals surface area contributed by atoms with E-state index >= 15 is 0 Å². The molecule has 0 bridgehead atoms. The van der Waals surface area contributed by atoms with Gasteiger partial charge in [-0.05, 0) is 43.9 Å². The molecule has 0 heterocycles. The van der Waals surface area contributed by atoms with Crippen LogP contribution in [0.15, 0.2) is 11.6 Å². The van der Waals surface area contributed by atoms with Gasteiger partial charge in [0.25, 0.3) is 0 Å². The van der Waals surface area contributed by atoms with Crippen molar-refractivity contribution in [2.45, 2.75) is 46.0 Å². The SMILES string of the molecule is C/C=C1\CCC2CCC[C@@H](C)C12. The van der Waals surface area contributed by atoms with E-state index < -0.39 is 0 Å². The molecular formula is C12H20. The normalized spacial score (nSPS) is 44.8. The summed E-state index contributed by atoms with van der Waals surface area (Å²) < 4.78 is 0. The molecule has 0 radical (unpaired) electrons. The number of rotatable bonds is 0. The smallest absolute Gasteiger partial charge is 0.0149 e. The molecule has 0 saturated heterocycles. The molecule has 0 aromatic rings. The Labute approximate surface area is 76.1 Å². The predicted molar refractivity (Wildman–Crippen MR) is 53.0 cm³/mol. The van der Waals surface area contributed by atoms with Crippen molar-refractivity contribution in [3.8, 4) is 0 Å². The fourth-order valence-corrected chi connectivity index (χ4v) is 3.37. The van der Waals surface area contributed by atoms with Crippen LogP contribution >= 0.6 is 0 Å². The van der Waals surface area contributed by atoms with E-state index in [1.165, 1.54) is 32.1 Å². The maximum atomic E-state index is 2.45. The zero-order chi connectivity index (χ0) is 8.55. The average molecular weight is 164 g/mol. The second-order valence-corrected chi connectivity index (χ2v) is 4.60. The first-order chi connectivity index (χ1) is 5.83. The molecule has 3 atom stereocenters. The molecule has 2 aliphatic carbocycles. The minimum atomic E-state index is 0.970. The summed E-state index contributed by atoms with van der Waals surface area (Å²) in [6.07, 6.45) is 9.72. The van der Waals surface area contributed by atoms with Gasteiger partial charge < -0.3 is 0 Å². The lowest BCUT2D eigenvalue weighted by molar-refractivity contribution is 0.223. The minimum absolute atomic E-state index is 0.970. The van der Waals surface area contributed by atoms with Crippen LogP contribution in [0.3, 0.4) is 0 Å². The van der Waals surface area contributed by atoms with Gasteiger partial charge in [0.15, 0.2) is 0 Å². The van der Waals surface area contributed by atoms with E-state index in [1.807, 2.05) is 0 Å². The Morgan fingerprint density at radius 1 is 1.25 bits per heavy atom. The zero-order valence-corrected chi connectivity index (χ0v) is 8.34. The van der Waals surface area contributed by atoms with Crippen molar-refractivity contribution in [1.82, 2.24) is 0 Å². The summed E-state index contributed by atoms with van der Waals surface area (Å²) in [5.74, 6) is 3.00. The molecule has 2 fully saturated rings. The predicted octanol–water partition coefficient (Wildman–Crippen LogP) is 3.78. The third kappa shape index (κ3) is 1.22. The Morgan fingerprint density at radius 2 is 2.08 bits per heavy atom. The molecular weight excluding hydrogens is 144 g/mol. The van der Waals surface area contributed by atoms with Crippen LogP contribution in [0.2, 0.25) is 0 Å². The van der Waals surface area contributed by atoms with Gasteiger partial charge in [-0.1, -0.05) is 31.4 Å². The van der Waals surface area contributed by atoms with E-state index in [-0.39, 0.29) is 0 Å². The van der Waals surface area contributed by atoms with Crippen molar-refractivity contribution >= 4 is 0 Å². The van der Waals surface area contributed by atoms with Crippen LogP contribution in [0, 0.1) is 17.8 Å². The Bertz CT molecular complexity index is 190. The van der Waals surface area contributed by atoms with E-state index in [4.69, 9.17) is 0 Å². The zero-order valence-electron chi connectivity index (χ0n) is 8.34. The number of hydrogen-bond donors (Lipinski definition) is 0. The van der Waals surface area contributed by atoms with E-state index in [0.717, 1.165) is 17.8 Å². The lowest BCUT2D eigenvalue weighted by Crippen LogP contribution is -2.22. The molecule has 68 valence electrons. The fraction of sp³-hybridized carbons (Fsp3) is 0.833. The first kappa shape index (κ1) is 8.34. The van der Waals surface area contributed by atoms with Crippen LogP contribution in [0.25, 0.3) is 0 Å². The van der Waals surface area contributed by atoms with Gasteiger partial charge in [-0.3, -0.25) is 0 Å². The lowest BCUT2D eigenvalue weighted by atomic mass is 9.73. The molecule has 12 heavy (non-hydrogen) atoms. The van der Waals surface area contributed by atoms with Crippen molar-refractivity contribution in [2.24, 2.45) is 17.8 Å². The van der Waals surface area contributed by atoms with Crippen molar-refractivity contribution in [3.05, 3.63) is 11.6 Å². The van der Waals surface area contributed by atoms with Crippen molar-refractivity contribution < 1.29 is 0 Å². The van der Waals surface area contributed by atoms with E-state index in [1.54, 1.807) is 5.57 Å². The molecule has 0 spiro atoms. The van der Waals surface area contributed by atoms with Gasteiger partial charge >= 0.3 is 0 Å². The van der Waals surface area contributed by atoms with Gasteiger partial charge in [0, 0.05) is 0 Å². The maximum absolute atomic E-state index is 2.45. The van der Waals surface area contributed by atoms with Crippen LogP contribution in [-0.4, -0.2) is 0 Å². The van der Waals surface area contributed by atoms with Gasteiger partial charge in [0.05, 0.1) is 0 Å². The molecule has 2 saturated carbocycles. The molecule has 0 aromatic heterocycles. The topological polar surface area (TPSA) is 0 Å². The van der Waals surface area contributed by atoms with E-state index in [0.29, 0.717) is 0 Å². The summed E-state index contributed by atoms with van der Waals surface area (Å²) in [5, 5.41) is 0. The summed E-state index contributed by atoms with van der Waals surface area (Å²) in [6, 6.07) is 0. The molecule has 0 amide bonds. The Kier molecular flexibility index (Phi) is 2.25. The highest BCUT2D eigenvalue weighted by Gasteiger charge is 2.36. The minimum Gasteiger partial charge on any atom is -0.0882 e. The summed E-state index contributed by atoms with van der Waals surface area (Å²) in [6.45, 7) is 4.67. The number of fused-ring (bicyclic) bond motifs is 1. The molecule has 0 aliphatic heterocycles. The molecule has 2 unspecified atom stereocenters. The lowest BCUT2D eigenvalue weighted by Gasteiger charge is -2.32. The van der Waals surface area contributed by atoms with Crippen molar-refractivity contribution in [3.63, 3.8) is 0 Å². The number of allylic oxidation sites excluding steroid dienone is 2. The van der Waals surface area contributed by atoms with Gasteiger partial charge in [-0.15, -0.1) is 0 Å². The highest BCUT2D eigenvalue weighted by Crippen LogP contribution is 2.48. The van der Waals surface area contributed by atoms with Gasteiger partial charge in [0.1, 0.15) is 0 Å². The second kappa shape index (κ2) is 3.24. The summed E-state index contributed by atoms with van der Waals surface area (Å²) in [7, 11) is 0. The quantitative estimate of drug-likeness (QED) is 0.478. The van der Waals surface area contributed by atoms with Gasteiger partial charge in [0.2, 0.25) is 0 Å². The maximum Gasteiger partial charge on any atom is -0.0149 e. The molecule has 2 aliphatic rings. The Hall–Kier alpha value is -0.260. The standard InChI is InChI=1S/C12H20/c1-3-10-7-8-11-6-4-5-9(2)12(10)11/h3,9,11-12H,4-8H2,1-2H3/b10-3+/t9-,11?,12?/m1/s1. The molecule has 0 nitrogen and oxygen atoms in total. The monoisotopic (exact) mass is 164 g/mol. The van der Waals surface area contributed by atoms with Crippen LogP contribution in [0.5, 0.6) is 0 Å². The Balaban J connectivity index is 2.17. The summed E-state index contributed by atoms with van der Waals surface area (Å²) in [4.78, 5) is 0.